The molecule has 90 valence electrons. The van der Waals surface area contributed by atoms with Crippen molar-refractivity contribution in [3.8, 4) is 0 Å². The van der Waals surface area contributed by atoms with Gasteiger partial charge in [-0.15, -0.1) is 0 Å². The van der Waals surface area contributed by atoms with Gasteiger partial charge in [0.1, 0.15) is 0 Å². The van der Waals surface area contributed by atoms with Gasteiger partial charge in [0.25, 0.3) is 0 Å². The fourth-order valence-electron chi connectivity index (χ4n) is 1.90. The maximum Gasteiger partial charge on any atom is 0.307 e. The number of hydrogen-bond donors (Lipinski definition) is 1. The Hall–Kier alpha value is -0.480. The summed E-state index contributed by atoms with van der Waals surface area (Å²) in [6.07, 6.45) is 1.84. The Bertz CT molecular complexity index is 354. The third kappa shape index (κ3) is 2.00. The number of carboxylic acid groups (broad SMARTS) is 1. The lowest BCUT2D eigenvalue weighted by atomic mass is 10.1. The van der Waals surface area contributed by atoms with E-state index in [-0.39, 0.29) is 23.4 Å². The Morgan fingerprint density at radius 2 is 2.12 bits per heavy atom. The van der Waals surface area contributed by atoms with Gasteiger partial charge < -0.3 is 9.94 Å². The molecule has 0 aromatic heterocycles. The van der Waals surface area contributed by atoms with E-state index in [9.17, 15) is 4.79 Å². The molecule has 0 radical (unpaired) electrons. The highest BCUT2D eigenvalue weighted by Crippen LogP contribution is 2.57. The van der Waals surface area contributed by atoms with Crippen molar-refractivity contribution in [2.45, 2.75) is 30.7 Å². The molecule has 1 unspecified atom stereocenters. The van der Waals surface area contributed by atoms with Gasteiger partial charge in [0.15, 0.2) is 10.4 Å². The van der Waals surface area contributed by atoms with Crippen molar-refractivity contribution in [2.75, 3.05) is 0 Å². The first kappa shape index (κ1) is 12.0. The zero-order valence-corrected chi connectivity index (χ0v) is 10.5. The summed E-state index contributed by atoms with van der Waals surface area (Å²) in [4.78, 5) is 15.9. The summed E-state index contributed by atoms with van der Waals surface area (Å²) in [6, 6.07) is 0. The molecule has 0 aromatic carbocycles. The number of alkyl halides is 2. The predicted molar refractivity (Wildman–Crippen MR) is 60.8 cm³/mol. The molecule has 2 rings (SSSR count). The SMILES string of the molecule is CC1(C)[C@H](C(=O)O)[C@@H]1C=NOC1CC1(Cl)Cl. The molecule has 0 saturated heterocycles. The van der Waals surface area contributed by atoms with E-state index in [0.29, 0.717) is 6.42 Å². The van der Waals surface area contributed by atoms with Crippen LogP contribution in [0.15, 0.2) is 5.16 Å². The molecule has 1 N–H and O–H groups in total. The number of carboxylic acids is 1. The normalized spacial score (nSPS) is 38.4. The second kappa shape index (κ2) is 3.50. The molecular formula is C10H13Cl2NO3. The van der Waals surface area contributed by atoms with Gasteiger partial charge in [0, 0.05) is 18.6 Å². The van der Waals surface area contributed by atoms with Crippen molar-refractivity contribution in [3.63, 3.8) is 0 Å². The number of rotatable bonds is 4. The number of carbonyl (C=O) groups is 1. The molecule has 0 spiro atoms. The molecular weight excluding hydrogens is 253 g/mol. The second-order valence-corrected chi connectivity index (χ2v) is 6.52. The smallest absolute Gasteiger partial charge is 0.307 e. The summed E-state index contributed by atoms with van der Waals surface area (Å²) < 4.78 is -0.817. The first-order valence-electron chi connectivity index (χ1n) is 5.07. The molecule has 2 aliphatic rings. The predicted octanol–water partition coefficient (Wildman–Crippen LogP) is 2.29. The van der Waals surface area contributed by atoms with Gasteiger partial charge in [0.05, 0.1) is 5.92 Å². The molecule has 2 fully saturated rings. The van der Waals surface area contributed by atoms with Crippen molar-refractivity contribution >= 4 is 35.4 Å². The third-order valence-corrected chi connectivity index (χ3v) is 4.15. The minimum atomic E-state index is -0.817. The highest BCUT2D eigenvalue weighted by Gasteiger charge is 2.61. The van der Waals surface area contributed by atoms with E-state index >= 15 is 0 Å². The topological polar surface area (TPSA) is 58.9 Å². The molecule has 16 heavy (non-hydrogen) atoms. The number of hydrogen-bond acceptors (Lipinski definition) is 3. The van der Waals surface area contributed by atoms with Crippen molar-refractivity contribution in [2.24, 2.45) is 22.4 Å². The molecule has 6 heteroatoms. The number of oxime groups is 1. The van der Waals surface area contributed by atoms with Gasteiger partial charge >= 0.3 is 5.97 Å². The van der Waals surface area contributed by atoms with Crippen LogP contribution in [0.3, 0.4) is 0 Å². The highest BCUT2D eigenvalue weighted by atomic mass is 35.5. The molecule has 0 heterocycles. The minimum Gasteiger partial charge on any atom is -0.481 e. The lowest BCUT2D eigenvalue weighted by Crippen LogP contribution is -2.03. The molecule has 0 bridgehead atoms. The van der Waals surface area contributed by atoms with E-state index in [1.807, 2.05) is 13.8 Å². The highest BCUT2D eigenvalue weighted by molar-refractivity contribution is 6.51. The fourth-order valence-corrected chi connectivity index (χ4v) is 2.26. The van der Waals surface area contributed by atoms with Crippen molar-refractivity contribution in [1.82, 2.24) is 0 Å². The van der Waals surface area contributed by atoms with Crippen LogP contribution in [0.1, 0.15) is 20.3 Å². The number of aliphatic carboxylic acids is 1. The fraction of sp³-hybridized carbons (Fsp3) is 0.800. The van der Waals surface area contributed by atoms with Crippen LogP contribution in [0.2, 0.25) is 0 Å². The van der Waals surface area contributed by atoms with Crippen LogP contribution in [0.25, 0.3) is 0 Å². The molecule has 4 nitrogen and oxygen atoms in total. The Morgan fingerprint density at radius 1 is 1.56 bits per heavy atom. The zero-order chi connectivity index (χ0) is 12.1. The van der Waals surface area contributed by atoms with Gasteiger partial charge in [-0.1, -0.05) is 42.2 Å². The van der Waals surface area contributed by atoms with Crippen LogP contribution in [0.4, 0.5) is 0 Å². The maximum absolute atomic E-state index is 10.9. The maximum atomic E-state index is 10.9. The van der Waals surface area contributed by atoms with E-state index in [4.69, 9.17) is 33.1 Å². The molecule has 2 saturated carbocycles. The summed E-state index contributed by atoms with van der Waals surface area (Å²) >= 11 is 11.5. The molecule has 3 atom stereocenters. The van der Waals surface area contributed by atoms with Crippen LogP contribution in [-0.2, 0) is 9.63 Å². The lowest BCUT2D eigenvalue weighted by molar-refractivity contribution is -0.139. The summed E-state index contributed by atoms with van der Waals surface area (Å²) in [5.74, 6) is -1.25. The standard InChI is InChI=1S/C10H13Cl2NO3/c1-9(2)5(7(9)8(14)15)4-13-16-6-3-10(6,11)12/h4-7H,3H2,1-2H3,(H,14,15)/t5-,6?,7-/m0/s1. The van der Waals surface area contributed by atoms with Gasteiger partial charge in [-0.2, -0.15) is 0 Å². The Balaban J connectivity index is 1.83. The molecule has 0 aromatic rings. The lowest BCUT2D eigenvalue weighted by Gasteiger charge is -1.98. The van der Waals surface area contributed by atoms with Crippen LogP contribution >= 0.6 is 23.2 Å². The van der Waals surface area contributed by atoms with E-state index in [0.717, 1.165) is 0 Å². The van der Waals surface area contributed by atoms with E-state index in [1.54, 1.807) is 6.21 Å². The Morgan fingerprint density at radius 3 is 2.50 bits per heavy atom. The van der Waals surface area contributed by atoms with Gasteiger partial charge in [-0.3, -0.25) is 4.79 Å². The van der Waals surface area contributed by atoms with Crippen LogP contribution in [0, 0.1) is 17.3 Å². The number of halogens is 2. The zero-order valence-electron chi connectivity index (χ0n) is 8.98. The summed E-state index contributed by atoms with van der Waals surface area (Å²) in [6.45, 7) is 3.79. The van der Waals surface area contributed by atoms with Gasteiger partial charge in [0.2, 0.25) is 0 Å². The first-order chi connectivity index (χ1) is 7.27. The van der Waals surface area contributed by atoms with E-state index in [1.165, 1.54) is 0 Å². The van der Waals surface area contributed by atoms with Crippen molar-refractivity contribution in [1.29, 1.82) is 0 Å². The molecule has 0 aliphatic heterocycles. The van der Waals surface area contributed by atoms with Crippen LogP contribution in [0.5, 0.6) is 0 Å². The van der Waals surface area contributed by atoms with E-state index in [2.05, 4.69) is 5.16 Å². The van der Waals surface area contributed by atoms with Gasteiger partial charge in [-0.05, 0) is 5.41 Å². The number of nitrogens with zero attached hydrogens (tertiary/aromatic N) is 1. The summed E-state index contributed by atoms with van der Waals surface area (Å²) in [5.41, 5.74) is -0.249. The summed E-state index contributed by atoms with van der Waals surface area (Å²) in [7, 11) is 0. The first-order valence-corrected chi connectivity index (χ1v) is 5.82. The molecule has 0 amide bonds. The van der Waals surface area contributed by atoms with Gasteiger partial charge in [-0.25, -0.2) is 0 Å². The summed E-state index contributed by atoms with van der Waals surface area (Å²) in [5, 5.41) is 12.7. The minimum absolute atomic E-state index is 0.0798. The van der Waals surface area contributed by atoms with Crippen LogP contribution < -0.4 is 0 Å². The second-order valence-electron chi connectivity index (χ2n) is 4.98. The van der Waals surface area contributed by atoms with E-state index < -0.39 is 10.3 Å². The van der Waals surface area contributed by atoms with Crippen molar-refractivity contribution in [3.05, 3.63) is 0 Å². The Labute approximate surface area is 104 Å². The largest absolute Gasteiger partial charge is 0.481 e. The quantitative estimate of drug-likeness (QED) is 0.482. The average Bonchev–Trinajstić information content (AvgIpc) is 2.88. The average molecular weight is 266 g/mol. The van der Waals surface area contributed by atoms with Crippen LogP contribution in [-0.4, -0.2) is 27.7 Å². The Kier molecular flexibility index (Phi) is 2.63. The molecule has 2 aliphatic carbocycles. The monoisotopic (exact) mass is 265 g/mol. The third-order valence-electron chi connectivity index (χ3n) is 3.35. The van der Waals surface area contributed by atoms with Crippen molar-refractivity contribution < 1.29 is 14.7 Å².